The number of nitrogen functional groups attached to an aromatic ring is 1. The van der Waals surface area contributed by atoms with Gasteiger partial charge in [-0.3, -0.25) is 9.58 Å². The summed E-state index contributed by atoms with van der Waals surface area (Å²) in [6.07, 6.45) is 6.31. The second-order valence-corrected chi connectivity index (χ2v) is 7.49. The van der Waals surface area contributed by atoms with Gasteiger partial charge in [-0.25, -0.2) is 4.98 Å². The summed E-state index contributed by atoms with van der Waals surface area (Å²) in [6.45, 7) is 11.6. The Kier molecular flexibility index (Phi) is 4.70. The Bertz CT molecular complexity index is 968. The van der Waals surface area contributed by atoms with E-state index in [1.54, 1.807) is 4.52 Å². The van der Waals surface area contributed by atoms with Crippen LogP contribution in [0.5, 0.6) is 0 Å². The van der Waals surface area contributed by atoms with Crippen LogP contribution in [-0.2, 0) is 13.1 Å². The Hall–Kier alpha value is -2.67. The number of allylic oxidation sites excluding steroid dienone is 1. The van der Waals surface area contributed by atoms with E-state index in [0.29, 0.717) is 11.7 Å². The Labute approximate surface area is 159 Å². The van der Waals surface area contributed by atoms with E-state index in [9.17, 15) is 0 Å². The van der Waals surface area contributed by atoms with Crippen LogP contribution in [0.15, 0.2) is 31.0 Å². The second kappa shape index (κ2) is 7.15. The average molecular weight is 365 g/mol. The van der Waals surface area contributed by atoms with E-state index >= 15 is 0 Å². The van der Waals surface area contributed by atoms with Crippen molar-refractivity contribution in [2.75, 3.05) is 18.8 Å². The van der Waals surface area contributed by atoms with Gasteiger partial charge in [0.25, 0.3) is 0 Å². The first-order chi connectivity index (χ1) is 13.0. The minimum absolute atomic E-state index is 0.393. The minimum Gasteiger partial charge on any atom is -0.384 e. The topological polar surface area (TPSA) is 77.3 Å². The number of likely N-dealkylation sites (tertiary alicyclic amines) is 1. The Morgan fingerprint density at radius 2 is 2.15 bits per heavy atom. The number of hydrogen-bond donors (Lipinski definition) is 1. The highest BCUT2D eigenvalue weighted by Gasteiger charge is 2.24. The summed E-state index contributed by atoms with van der Waals surface area (Å²) < 4.78 is 3.67. The molecule has 0 bridgehead atoms. The lowest BCUT2D eigenvalue weighted by Crippen LogP contribution is -2.34. The third kappa shape index (κ3) is 3.60. The van der Waals surface area contributed by atoms with E-state index in [4.69, 9.17) is 10.7 Å². The number of anilines is 1. The van der Waals surface area contributed by atoms with E-state index in [0.717, 1.165) is 61.7 Å². The van der Waals surface area contributed by atoms with Crippen LogP contribution in [0.25, 0.3) is 5.65 Å². The van der Waals surface area contributed by atoms with Crippen molar-refractivity contribution in [2.45, 2.75) is 45.7 Å². The van der Waals surface area contributed by atoms with Crippen molar-refractivity contribution in [2.24, 2.45) is 0 Å². The highest BCUT2D eigenvalue weighted by molar-refractivity contribution is 5.48. The van der Waals surface area contributed by atoms with Crippen molar-refractivity contribution >= 4 is 11.5 Å². The van der Waals surface area contributed by atoms with Crippen molar-refractivity contribution in [1.29, 1.82) is 0 Å². The first kappa shape index (κ1) is 17.7. The molecule has 0 amide bonds. The number of aryl methyl sites for hydroxylation is 2. The van der Waals surface area contributed by atoms with Gasteiger partial charge in [0, 0.05) is 42.9 Å². The van der Waals surface area contributed by atoms with Crippen molar-refractivity contribution < 1.29 is 0 Å². The Balaban J connectivity index is 1.52. The zero-order valence-electron chi connectivity index (χ0n) is 16.1. The number of rotatable bonds is 5. The van der Waals surface area contributed by atoms with E-state index in [1.165, 1.54) is 5.56 Å². The summed E-state index contributed by atoms with van der Waals surface area (Å²) in [6, 6.07) is 3.97. The van der Waals surface area contributed by atoms with Crippen LogP contribution in [0.1, 0.15) is 41.4 Å². The zero-order valence-corrected chi connectivity index (χ0v) is 16.1. The first-order valence-electron chi connectivity index (χ1n) is 9.52. The third-order valence-electron chi connectivity index (χ3n) is 5.28. The highest BCUT2D eigenvalue weighted by Crippen LogP contribution is 2.28. The zero-order chi connectivity index (χ0) is 19.0. The van der Waals surface area contributed by atoms with Gasteiger partial charge < -0.3 is 5.73 Å². The van der Waals surface area contributed by atoms with Gasteiger partial charge in [-0.1, -0.05) is 6.08 Å². The molecule has 0 unspecified atom stereocenters. The average Bonchev–Trinajstić information content (AvgIpc) is 3.18. The summed E-state index contributed by atoms with van der Waals surface area (Å²) in [5.74, 6) is 1.05. The largest absolute Gasteiger partial charge is 0.384 e. The molecule has 0 saturated carbocycles. The maximum absolute atomic E-state index is 6.21. The maximum atomic E-state index is 6.21. The number of aromatic nitrogens is 5. The van der Waals surface area contributed by atoms with Gasteiger partial charge in [-0.05, 0) is 33.2 Å². The molecule has 142 valence electrons. The highest BCUT2D eigenvalue weighted by atomic mass is 15.3. The van der Waals surface area contributed by atoms with Crippen LogP contribution in [0, 0.1) is 13.8 Å². The van der Waals surface area contributed by atoms with Crippen LogP contribution in [0.3, 0.4) is 0 Å². The molecule has 7 heteroatoms. The Morgan fingerprint density at radius 3 is 2.96 bits per heavy atom. The molecule has 0 aliphatic carbocycles. The normalized spacial score (nSPS) is 18.2. The standard InChI is InChI=1S/C20H27N7/c1-4-7-26-13-17(15(3)24-26)12-25-8-5-6-16(11-25)18-10-19(21)27-20(22-18)9-14(2)23-27/h4,9-10,13,16H,1,5-8,11-12,21H2,2-3H3/t16-/m1/s1. The van der Waals surface area contributed by atoms with E-state index in [1.807, 2.05) is 29.8 Å². The van der Waals surface area contributed by atoms with Gasteiger partial charge in [0.15, 0.2) is 5.65 Å². The fourth-order valence-electron chi connectivity index (χ4n) is 3.96. The number of nitrogens with zero attached hydrogens (tertiary/aromatic N) is 6. The molecular weight excluding hydrogens is 338 g/mol. The van der Waals surface area contributed by atoms with Crippen LogP contribution in [-0.4, -0.2) is 42.4 Å². The van der Waals surface area contributed by atoms with Crippen LogP contribution < -0.4 is 5.73 Å². The first-order valence-corrected chi connectivity index (χ1v) is 9.52. The van der Waals surface area contributed by atoms with Crippen molar-refractivity contribution in [3.63, 3.8) is 0 Å². The molecule has 7 nitrogen and oxygen atoms in total. The molecule has 3 aromatic rings. The molecular formula is C20H27N7. The van der Waals surface area contributed by atoms with E-state index in [-0.39, 0.29) is 0 Å². The maximum Gasteiger partial charge on any atom is 0.157 e. The molecule has 1 saturated heterocycles. The molecule has 1 aliphatic rings. The smallest absolute Gasteiger partial charge is 0.157 e. The van der Waals surface area contributed by atoms with Crippen molar-refractivity contribution in [3.05, 3.63) is 53.6 Å². The lowest BCUT2D eigenvalue weighted by molar-refractivity contribution is 0.198. The molecule has 27 heavy (non-hydrogen) atoms. The molecule has 0 aromatic carbocycles. The van der Waals surface area contributed by atoms with Gasteiger partial charge >= 0.3 is 0 Å². The van der Waals surface area contributed by atoms with Gasteiger partial charge in [0.1, 0.15) is 5.82 Å². The van der Waals surface area contributed by atoms with E-state index in [2.05, 4.69) is 34.8 Å². The van der Waals surface area contributed by atoms with Crippen LogP contribution in [0.4, 0.5) is 5.82 Å². The van der Waals surface area contributed by atoms with Crippen molar-refractivity contribution in [3.8, 4) is 0 Å². The molecule has 3 aromatic heterocycles. The van der Waals surface area contributed by atoms with Crippen LogP contribution >= 0.6 is 0 Å². The summed E-state index contributed by atoms with van der Waals surface area (Å²) in [7, 11) is 0. The molecule has 1 fully saturated rings. The summed E-state index contributed by atoms with van der Waals surface area (Å²) >= 11 is 0. The fourth-order valence-corrected chi connectivity index (χ4v) is 3.96. The summed E-state index contributed by atoms with van der Waals surface area (Å²) in [5.41, 5.74) is 11.4. The number of hydrogen-bond acceptors (Lipinski definition) is 5. The number of fused-ring (bicyclic) bond motifs is 1. The molecule has 4 heterocycles. The summed E-state index contributed by atoms with van der Waals surface area (Å²) in [5, 5.41) is 8.97. The lowest BCUT2D eigenvalue weighted by Gasteiger charge is -2.32. The molecule has 1 aliphatic heterocycles. The minimum atomic E-state index is 0.393. The van der Waals surface area contributed by atoms with Crippen LogP contribution in [0.2, 0.25) is 0 Å². The molecule has 0 spiro atoms. The predicted octanol–water partition coefficient (Wildman–Crippen LogP) is 2.69. The van der Waals surface area contributed by atoms with Gasteiger partial charge in [0.05, 0.1) is 23.6 Å². The third-order valence-corrected chi connectivity index (χ3v) is 5.28. The predicted molar refractivity (Wildman–Crippen MR) is 107 cm³/mol. The van der Waals surface area contributed by atoms with Gasteiger partial charge in [-0.15, -0.1) is 6.58 Å². The second-order valence-electron chi connectivity index (χ2n) is 7.49. The molecule has 1 atom stereocenters. The Morgan fingerprint density at radius 1 is 1.30 bits per heavy atom. The SMILES string of the molecule is C=CCn1cc(CN2CCC[C@@H](c3cc(N)n4nc(C)cc4n3)C2)c(C)n1. The van der Waals surface area contributed by atoms with Gasteiger partial charge in [0.2, 0.25) is 0 Å². The van der Waals surface area contributed by atoms with E-state index < -0.39 is 0 Å². The number of piperidine rings is 1. The summed E-state index contributed by atoms with van der Waals surface area (Å²) in [4.78, 5) is 7.33. The molecule has 0 radical (unpaired) electrons. The molecule has 4 rings (SSSR count). The monoisotopic (exact) mass is 365 g/mol. The quantitative estimate of drug-likeness (QED) is 0.704. The number of nitrogens with two attached hydrogens (primary N) is 1. The molecule has 2 N–H and O–H groups in total. The van der Waals surface area contributed by atoms with Gasteiger partial charge in [-0.2, -0.15) is 14.7 Å². The fraction of sp³-hybridized carbons (Fsp3) is 0.450. The van der Waals surface area contributed by atoms with Crippen molar-refractivity contribution in [1.82, 2.24) is 29.3 Å². The lowest BCUT2D eigenvalue weighted by atomic mass is 9.94.